The summed E-state index contributed by atoms with van der Waals surface area (Å²) in [6.45, 7) is 4.04. The van der Waals surface area contributed by atoms with E-state index in [4.69, 9.17) is 0 Å². The third-order valence-corrected chi connectivity index (χ3v) is 4.48. The van der Waals surface area contributed by atoms with Crippen LogP contribution in [0.2, 0.25) is 0 Å². The van der Waals surface area contributed by atoms with Gasteiger partial charge in [0.1, 0.15) is 0 Å². The van der Waals surface area contributed by atoms with Crippen LogP contribution in [0.5, 0.6) is 0 Å². The Bertz CT molecular complexity index is 880. The standard InChI is InChI=1S/C18H17N3O/c1-11-12(2)21-9-8-14-16(22)10-15(13-6-4-3-5-7-13)20-17(14)18(21)19-11/h3-9,15,20H,10H2,1-2H3. The lowest BCUT2D eigenvalue weighted by Gasteiger charge is -2.26. The second-order valence-corrected chi connectivity index (χ2v) is 5.82. The third-order valence-electron chi connectivity index (χ3n) is 4.48. The van der Waals surface area contributed by atoms with Crippen molar-refractivity contribution < 1.29 is 4.79 Å². The first-order valence-electron chi connectivity index (χ1n) is 7.48. The molecule has 0 radical (unpaired) electrons. The summed E-state index contributed by atoms with van der Waals surface area (Å²) in [7, 11) is 0. The van der Waals surface area contributed by atoms with E-state index in [0.717, 1.165) is 33.8 Å². The Morgan fingerprint density at radius 1 is 1.18 bits per heavy atom. The van der Waals surface area contributed by atoms with Gasteiger partial charge in [0.2, 0.25) is 0 Å². The quantitative estimate of drug-likeness (QED) is 0.743. The molecule has 4 nitrogen and oxygen atoms in total. The number of Topliss-reactive ketones (excluding diaryl/α,β-unsaturated/α-hetero) is 1. The number of rotatable bonds is 1. The fourth-order valence-electron chi connectivity index (χ4n) is 3.12. The Morgan fingerprint density at radius 3 is 2.73 bits per heavy atom. The molecule has 0 aliphatic carbocycles. The molecule has 1 unspecified atom stereocenters. The highest BCUT2D eigenvalue weighted by Crippen LogP contribution is 2.35. The van der Waals surface area contributed by atoms with Crippen LogP contribution in [0.25, 0.3) is 5.65 Å². The first-order chi connectivity index (χ1) is 10.6. The van der Waals surface area contributed by atoms with Gasteiger partial charge in [0.15, 0.2) is 11.4 Å². The van der Waals surface area contributed by atoms with E-state index in [2.05, 4.69) is 22.4 Å². The number of fused-ring (bicyclic) bond motifs is 3. The summed E-state index contributed by atoms with van der Waals surface area (Å²) < 4.78 is 2.04. The lowest BCUT2D eigenvalue weighted by molar-refractivity contribution is 0.0972. The third kappa shape index (κ3) is 1.84. The topological polar surface area (TPSA) is 46.4 Å². The van der Waals surface area contributed by atoms with Gasteiger partial charge in [-0.15, -0.1) is 0 Å². The molecule has 0 fully saturated rings. The van der Waals surface area contributed by atoms with E-state index in [9.17, 15) is 4.79 Å². The number of pyridine rings is 1. The zero-order valence-corrected chi connectivity index (χ0v) is 12.6. The Hall–Kier alpha value is -2.62. The number of carbonyl (C=O) groups is 1. The molecule has 1 aliphatic rings. The second kappa shape index (κ2) is 4.70. The SMILES string of the molecule is Cc1nc2c3c(ccn2c1C)C(=O)CC(c1ccccc1)N3. The maximum absolute atomic E-state index is 12.5. The molecule has 2 aromatic heterocycles. The minimum atomic E-state index is 0.00436. The molecule has 22 heavy (non-hydrogen) atoms. The number of hydrogen-bond donors (Lipinski definition) is 1. The first kappa shape index (κ1) is 13.1. The van der Waals surface area contributed by atoms with Crippen molar-refractivity contribution in [2.45, 2.75) is 26.3 Å². The van der Waals surface area contributed by atoms with Crippen molar-refractivity contribution in [3.05, 3.63) is 65.1 Å². The zero-order chi connectivity index (χ0) is 15.3. The van der Waals surface area contributed by atoms with Crippen LogP contribution in [0.4, 0.5) is 5.69 Å². The Kier molecular flexibility index (Phi) is 2.79. The number of nitrogens with zero attached hydrogens (tertiary/aromatic N) is 2. The molecule has 0 amide bonds. The fraction of sp³-hybridized carbons (Fsp3) is 0.222. The summed E-state index contributed by atoms with van der Waals surface area (Å²) in [5, 5.41) is 3.52. The maximum Gasteiger partial charge on any atom is 0.167 e. The molecule has 3 heterocycles. The lowest BCUT2D eigenvalue weighted by atomic mass is 9.93. The van der Waals surface area contributed by atoms with Gasteiger partial charge in [-0.1, -0.05) is 30.3 Å². The van der Waals surface area contributed by atoms with E-state index in [1.165, 1.54) is 0 Å². The number of hydrogen-bond acceptors (Lipinski definition) is 3. The van der Waals surface area contributed by atoms with Crippen LogP contribution in [-0.4, -0.2) is 15.2 Å². The van der Waals surface area contributed by atoms with Crippen molar-refractivity contribution in [2.75, 3.05) is 5.32 Å². The highest BCUT2D eigenvalue weighted by Gasteiger charge is 2.28. The van der Waals surface area contributed by atoms with E-state index in [1.807, 2.05) is 48.7 Å². The van der Waals surface area contributed by atoms with Gasteiger partial charge in [0.25, 0.3) is 0 Å². The molecule has 1 N–H and O–H groups in total. The molecule has 0 spiro atoms. The first-order valence-corrected chi connectivity index (χ1v) is 7.48. The van der Waals surface area contributed by atoms with Gasteiger partial charge >= 0.3 is 0 Å². The van der Waals surface area contributed by atoms with Gasteiger partial charge in [-0.2, -0.15) is 0 Å². The van der Waals surface area contributed by atoms with E-state index in [0.29, 0.717) is 6.42 Å². The lowest BCUT2D eigenvalue weighted by Crippen LogP contribution is -2.23. The predicted octanol–water partition coefficient (Wildman–Crippen LogP) is 3.69. The second-order valence-electron chi connectivity index (χ2n) is 5.82. The van der Waals surface area contributed by atoms with Gasteiger partial charge in [-0.3, -0.25) is 4.79 Å². The summed E-state index contributed by atoms with van der Waals surface area (Å²) in [5.74, 6) is 0.170. The summed E-state index contributed by atoms with van der Waals surface area (Å²) in [5.41, 5.74) is 5.65. The Labute approximate surface area is 128 Å². The van der Waals surface area contributed by atoms with Crippen molar-refractivity contribution in [1.29, 1.82) is 0 Å². The molecule has 0 saturated heterocycles. The highest BCUT2D eigenvalue weighted by molar-refractivity contribution is 6.06. The van der Waals surface area contributed by atoms with Crippen molar-refractivity contribution in [2.24, 2.45) is 0 Å². The minimum Gasteiger partial charge on any atom is -0.374 e. The minimum absolute atomic E-state index is 0.00436. The van der Waals surface area contributed by atoms with Crippen LogP contribution in [0.1, 0.15) is 39.8 Å². The molecule has 1 atom stereocenters. The van der Waals surface area contributed by atoms with Gasteiger partial charge in [-0.25, -0.2) is 4.98 Å². The van der Waals surface area contributed by atoms with Crippen LogP contribution < -0.4 is 5.32 Å². The fourth-order valence-corrected chi connectivity index (χ4v) is 3.12. The molecule has 1 aliphatic heterocycles. The average molecular weight is 291 g/mol. The monoisotopic (exact) mass is 291 g/mol. The molecule has 0 bridgehead atoms. The summed E-state index contributed by atoms with van der Waals surface area (Å²) in [6.07, 6.45) is 2.41. The van der Waals surface area contributed by atoms with Crippen LogP contribution in [-0.2, 0) is 0 Å². The smallest absolute Gasteiger partial charge is 0.167 e. The Morgan fingerprint density at radius 2 is 1.95 bits per heavy atom. The van der Waals surface area contributed by atoms with E-state index < -0.39 is 0 Å². The maximum atomic E-state index is 12.5. The van der Waals surface area contributed by atoms with E-state index in [-0.39, 0.29) is 11.8 Å². The van der Waals surface area contributed by atoms with Crippen molar-refractivity contribution in [3.63, 3.8) is 0 Å². The molecule has 0 saturated carbocycles. The number of carbonyl (C=O) groups excluding carboxylic acids is 1. The molecular weight excluding hydrogens is 274 g/mol. The number of aryl methyl sites for hydroxylation is 2. The predicted molar refractivity (Wildman–Crippen MR) is 86.4 cm³/mol. The van der Waals surface area contributed by atoms with E-state index >= 15 is 0 Å². The van der Waals surface area contributed by atoms with Gasteiger partial charge < -0.3 is 9.72 Å². The summed E-state index contributed by atoms with van der Waals surface area (Å²) in [4.78, 5) is 17.2. The molecule has 3 aromatic rings. The van der Waals surface area contributed by atoms with Crippen LogP contribution in [0.3, 0.4) is 0 Å². The molecule has 4 rings (SSSR count). The average Bonchev–Trinajstić information content (AvgIpc) is 2.84. The van der Waals surface area contributed by atoms with Crippen LogP contribution in [0, 0.1) is 13.8 Å². The number of nitrogens with one attached hydrogen (secondary N) is 1. The van der Waals surface area contributed by atoms with Gasteiger partial charge in [0, 0.05) is 23.9 Å². The largest absolute Gasteiger partial charge is 0.374 e. The van der Waals surface area contributed by atoms with Crippen molar-refractivity contribution in [1.82, 2.24) is 9.38 Å². The highest BCUT2D eigenvalue weighted by atomic mass is 16.1. The molecule has 4 heteroatoms. The molecule has 110 valence electrons. The van der Waals surface area contributed by atoms with Crippen LogP contribution in [0.15, 0.2) is 42.6 Å². The Balaban J connectivity index is 1.88. The zero-order valence-electron chi connectivity index (χ0n) is 12.6. The summed E-state index contributed by atoms with van der Waals surface area (Å²) >= 11 is 0. The van der Waals surface area contributed by atoms with Gasteiger partial charge in [0.05, 0.1) is 17.4 Å². The molecular formula is C18H17N3O. The number of benzene rings is 1. The van der Waals surface area contributed by atoms with E-state index in [1.54, 1.807) is 0 Å². The molecule has 1 aromatic carbocycles. The van der Waals surface area contributed by atoms with Crippen LogP contribution >= 0.6 is 0 Å². The van der Waals surface area contributed by atoms with Crippen molar-refractivity contribution in [3.8, 4) is 0 Å². The number of imidazole rings is 1. The van der Waals surface area contributed by atoms with Gasteiger partial charge in [-0.05, 0) is 25.5 Å². The number of ketones is 1. The number of aromatic nitrogens is 2. The van der Waals surface area contributed by atoms with Crippen molar-refractivity contribution >= 4 is 17.1 Å². The normalized spacial score (nSPS) is 17.4. The number of anilines is 1. The summed E-state index contributed by atoms with van der Waals surface area (Å²) in [6, 6.07) is 12.0.